The summed E-state index contributed by atoms with van der Waals surface area (Å²) in [4.78, 5) is 14.9. The second-order valence-electron chi connectivity index (χ2n) is 11.1. The van der Waals surface area contributed by atoms with E-state index in [1.807, 2.05) is 65.2 Å². The predicted molar refractivity (Wildman–Crippen MR) is 155 cm³/mol. The minimum absolute atomic E-state index is 0.00160. The molecule has 1 aliphatic rings. The molecule has 9 heteroatoms. The third-order valence-corrected chi connectivity index (χ3v) is 8.51. The Morgan fingerprint density at radius 1 is 0.923 bits per heavy atom. The Morgan fingerprint density at radius 3 is 2.21 bits per heavy atom. The quantitative estimate of drug-likeness (QED) is 0.365. The fourth-order valence-electron chi connectivity index (χ4n) is 5.35. The van der Waals surface area contributed by atoms with Gasteiger partial charge in [0.1, 0.15) is 5.69 Å². The molecule has 1 fully saturated rings. The van der Waals surface area contributed by atoms with Crippen molar-refractivity contribution in [2.24, 2.45) is 5.14 Å². The molecule has 0 amide bonds. The Hall–Kier alpha value is -3.66. The van der Waals surface area contributed by atoms with Crippen LogP contribution >= 0.6 is 0 Å². The van der Waals surface area contributed by atoms with Gasteiger partial charge in [0.2, 0.25) is 0 Å². The van der Waals surface area contributed by atoms with Gasteiger partial charge in [-0.05, 0) is 40.3 Å². The minimum Gasteiger partial charge on any atom is -0.477 e. The maximum atomic E-state index is 12.7. The molecule has 0 spiro atoms. The number of aromatic nitrogens is 1. The lowest BCUT2D eigenvalue weighted by molar-refractivity contribution is 0.0687. The molecule has 2 heterocycles. The lowest BCUT2D eigenvalue weighted by Crippen LogP contribution is -2.50. The van der Waals surface area contributed by atoms with Crippen LogP contribution < -0.4 is 10.0 Å². The van der Waals surface area contributed by atoms with E-state index in [0.717, 1.165) is 27.7 Å². The molecule has 1 aliphatic heterocycles. The molecule has 4 aromatic rings. The van der Waals surface area contributed by atoms with Gasteiger partial charge in [-0.25, -0.2) is 9.93 Å². The van der Waals surface area contributed by atoms with Crippen LogP contribution in [0.15, 0.2) is 72.8 Å². The SMILES string of the molecule is CC(C)(C)c1ccc(-c2c(C(=O)O)n(Cc3cccc(N4CCN(S(N)(=O)=O)CC4)c3)c3ccccc23)cc1. The van der Waals surface area contributed by atoms with Gasteiger partial charge >= 0.3 is 5.97 Å². The van der Waals surface area contributed by atoms with Gasteiger partial charge in [0.05, 0.1) is 0 Å². The van der Waals surface area contributed by atoms with E-state index >= 15 is 0 Å². The van der Waals surface area contributed by atoms with Crippen molar-refractivity contribution < 1.29 is 18.3 Å². The lowest BCUT2D eigenvalue weighted by Gasteiger charge is -2.34. The van der Waals surface area contributed by atoms with Crippen molar-refractivity contribution in [1.29, 1.82) is 0 Å². The number of fused-ring (bicyclic) bond motifs is 1. The molecule has 0 aliphatic carbocycles. The van der Waals surface area contributed by atoms with Gasteiger partial charge in [-0.3, -0.25) is 0 Å². The van der Waals surface area contributed by atoms with E-state index < -0.39 is 16.2 Å². The van der Waals surface area contributed by atoms with Crippen LogP contribution in [0.5, 0.6) is 0 Å². The number of hydrogen-bond acceptors (Lipinski definition) is 4. The number of hydrogen-bond donors (Lipinski definition) is 2. The van der Waals surface area contributed by atoms with E-state index in [0.29, 0.717) is 38.3 Å². The van der Waals surface area contributed by atoms with E-state index in [4.69, 9.17) is 5.14 Å². The number of benzene rings is 3. The molecule has 39 heavy (non-hydrogen) atoms. The van der Waals surface area contributed by atoms with Crippen molar-refractivity contribution in [3.63, 3.8) is 0 Å². The van der Waals surface area contributed by atoms with Gasteiger partial charge in [-0.2, -0.15) is 12.7 Å². The van der Waals surface area contributed by atoms with Gasteiger partial charge in [0, 0.05) is 54.9 Å². The largest absolute Gasteiger partial charge is 0.477 e. The van der Waals surface area contributed by atoms with Crippen LogP contribution in [-0.2, 0) is 22.2 Å². The van der Waals surface area contributed by atoms with Gasteiger partial charge < -0.3 is 14.6 Å². The average molecular weight is 547 g/mol. The first-order valence-corrected chi connectivity index (χ1v) is 14.5. The maximum Gasteiger partial charge on any atom is 0.353 e. The molecule has 8 nitrogen and oxygen atoms in total. The van der Waals surface area contributed by atoms with E-state index in [-0.39, 0.29) is 11.1 Å². The Balaban J connectivity index is 1.52. The molecular weight excluding hydrogens is 512 g/mol. The monoisotopic (exact) mass is 546 g/mol. The fourth-order valence-corrected chi connectivity index (χ4v) is 6.03. The van der Waals surface area contributed by atoms with E-state index in [1.165, 1.54) is 9.87 Å². The summed E-state index contributed by atoms with van der Waals surface area (Å²) in [5.74, 6) is -0.976. The van der Waals surface area contributed by atoms with Crippen LogP contribution in [0.3, 0.4) is 0 Å². The molecule has 0 atom stereocenters. The number of anilines is 1. The van der Waals surface area contributed by atoms with Crippen LogP contribution in [0, 0.1) is 0 Å². The highest BCUT2D eigenvalue weighted by Gasteiger charge is 2.26. The summed E-state index contributed by atoms with van der Waals surface area (Å²) in [6, 6.07) is 24.0. The Kier molecular flexibility index (Phi) is 7.00. The Labute approximate surface area is 229 Å². The topological polar surface area (TPSA) is 109 Å². The van der Waals surface area contributed by atoms with Crippen molar-refractivity contribution in [3.8, 4) is 11.1 Å². The first-order chi connectivity index (χ1) is 18.4. The summed E-state index contributed by atoms with van der Waals surface area (Å²) < 4.78 is 26.5. The number of nitrogens with zero attached hydrogens (tertiary/aromatic N) is 3. The minimum atomic E-state index is -3.70. The van der Waals surface area contributed by atoms with Crippen molar-refractivity contribution in [3.05, 3.63) is 89.6 Å². The van der Waals surface area contributed by atoms with Crippen LogP contribution in [0.2, 0.25) is 0 Å². The average Bonchev–Trinajstić information content (AvgIpc) is 3.22. The number of nitrogens with two attached hydrogens (primary N) is 1. The Morgan fingerprint density at radius 2 is 1.59 bits per heavy atom. The highest BCUT2D eigenvalue weighted by Crippen LogP contribution is 2.37. The zero-order valence-electron chi connectivity index (χ0n) is 22.5. The second-order valence-corrected chi connectivity index (χ2v) is 12.6. The molecule has 0 unspecified atom stereocenters. The highest BCUT2D eigenvalue weighted by atomic mass is 32.2. The highest BCUT2D eigenvalue weighted by molar-refractivity contribution is 7.86. The number of aromatic carboxylic acids is 1. The first-order valence-electron chi connectivity index (χ1n) is 13.0. The predicted octanol–water partition coefficient (Wildman–Crippen LogP) is 4.68. The number of rotatable bonds is 6. The number of para-hydroxylation sites is 1. The molecule has 3 N–H and O–H groups in total. The van der Waals surface area contributed by atoms with Crippen molar-refractivity contribution in [2.75, 3.05) is 31.1 Å². The summed E-state index contributed by atoms with van der Waals surface area (Å²) in [5.41, 5.74) is 5.81. The summed E-state index contributed by atoms with van der Waals surface area (Å²) >= 11 is 0. The van der Waals surface area contributed by atoms with Gasteiger partial charge in [-0.1, -0.05) is 75.4 Å². The van der Waals surface area contributed by atoms with Gasteiger partial charge in [0.15, 0.2) is 0 Å². The van der Waals surface area contributed by atoms with Crippen LogP contribution in [-0.4, -0.2) is 54.5 Å². The molecule has 0 saturated carbocycles. The fraction of sp³-hybridized carbons (Fsp3) is 0.300. The smallest absolute Gasteiger partial charge is 0.353 e. The van der Waals surface area contributed by atoms with E-state index in [9.17, 15) is 18.3 Å². The molecule has 0 radical (unpaired) electrons. The first kappa shape index (κ1) is 26.9. The lowest BCUT2D eigenvalue weighted by atomic mass is 9.86. The molecule has 0 bridgehead atoms. The number of carbonyl (C=O) groups is 1. The Bertz CT molecular complexity index is 1630. The third-order valence-electron chi connectivity index (χ3n) is 7.43. The zero-order chi connectivity index (χ0) is 27.9. The summed E-state index contributed by atoms with van der Waals surface area (Å²) in [5, 5.41) is 16.6. The third kappa shape index (κ3) is 5.43. The van der Waals surface area contributed by atoms with Crippen LogP contribution in [0.4, 0.5) is 5.69 Å². The second kappa shape index (κ2) is 10.1. The van der Waals surface area contributed by atoms with E-state index in [1.54, 1.807) is 0 Å². The van der Waals surface area contributed by atoms with Gasteiger partial charge in [-0.15, -0.1) is 0 Å². The van der Waals surface area contributed by atoms with Crippen LogP contribution in [0.1, 0.15) is 42.4 Å². The van der Waals surface area contributed by atoms with E-state index in [2.05, 4.69) is 37.8 Å². The molecule has 1 aromatic heterocycles. The molecule has 5 rings (SSSR count). The van der Waals surface area contributed by atoms with Crippen molar-refractivity contribution >= 4 is 32.8 Å². The summed E-state index contributed by atoms with van der Waals surface area (Å²) in [7, 11) is -3.70. The molecule has 1 saturated heterocycles. The normalized spacial score (nSPS) is 15.1. The van der Waals surface area contributed by atoms with Crippen molar-refractivity contribution in [2.45, 2.75) is 32.7 Å². The number of carboxylic acids is 1. The molecular formula is C30H34N4O4S. The van der Waals surface area contributed by atoms with Crippen molar-refractivity contribution in [1.82, 2.24) is 8.87 Å². The number of piperazine rings is 1. The standard InChI is InChI=1S/C30H34N4O4S/c1-30(2,3)23-13-11-22(12-14-23)27-25-9-4-5-10-26(25)34(28(27)29(35)36)20-21-7-6-8-24(19-21)32-15-17-33(18-16-32)39(31,37)38/h4-14,19H,15-18,20H2,1-3H3,(H,35,36)(H2,31,37,38). The zero-order valence-corrected chi connectivity index (χ0v) is 23.3. The van der Waals surface area contributed by atoms with Crippen LogP contribution in [0.25, 0.3) is 22.0 Å². The molecule has 3 aromatic carbocycles. The van der Waals surface area contributed by atoms with Gasteiger partial charge in [0.25, 0.3) is 10.2 Å². The maximum absolute atomic E-state index is 12.7. The number of carboxylic acid groups (broad SMARTS) is 1. The molecule has 204 valence electrons. The summed E-state index contributed by atoms with van der Waals surface area (Å²) in [6.45, 7) is 8.56. The summed E-state index contributed by atoms with van der Waals surface area (Å²) in [6.07, 6.45) is 0.